The monoisotopic (exact) mass is 759 g/mol. The van der Waals surface area contributed by atoms with Crippen molar-refractivity contribution in [3.05, 3.63) is 198 Å². The number of anilines is 3. The molecule has 2 aliphatic carbocycles. The van der Waals surface area contributed by atoms with Crippen molar-refractivity contribution >= 4 is 49.4 Å². The SMILES string of the molecule is CC(C)(C)c1ccc(N(c2ccc3c(c2)-c2ccc4ccccc4c2C3(C)C)c2ccc3ccccc3c2-c2ccc3c(c2)C(C)(C)c2ccccc2-3)c2ccccc12. The second-order valence-corrected chi connectivity index (χ2v) is 18.9. The lowest BCUT2D eigenvalue weighted by molar-refractivity contribution is 0.596. The molecule has 286 valence electrons. The van der Waals surface area contributed by atoms with Crippen molar-refractivity contribution in [2.24, 2.45) is 0 Å². The van der Waals surface area contributed by atoms with E-state index >= 15 is 0 Å². The van der Waals surface area contributed by atoms with Gasteiger partial charge in [-0.25, -0.2) is 0 Å². The lowest BCUT2D eigenvalue weighted by Crippen LogP contribution is -2.17. The minimum Gasteiger partial charge on any atom is -0.309 e. The van der Waals surface area contributed by atoms with Gasteiger partial charge in [-0.2, -0.15) is 0 Å². The maximum absolute atomic E-state index is 2.57. The van der Waals surface area contributed by atoms with E-state index in [1.54, 1.807) is 0 Å². The predicted octanol–water partition coefficient (Wildman–Crippen LogP) is 16.2. The van der Waals surface area contributed by atoms with Gasteiger partial charge in [-0.3, -0.25) is 0 Å². The molecule has 0 unspecified atom stereocenters. The van der Waals surface area contributed by atoms with Crippen LogP contribution >= 0.6 is 0 Å². The van der Waals surface area contributed by atoms with Crippen LogP contribution in [0.4, 0.5) is 17.1 Å². The van der Waals surface area contributed by atoms with Crippen molar-refractivity contribution < 1.29 is 0 Å². The van der Waals surface area contributed by atoms with E-state index < -0.39 is 0 Å². The number of hydrogen-bond donors (Lipinski definition) is 0. The molecule has 0 fully saturated rings. The summed E-state index contributed by atoms with van der Waals surface area (Å²) in [5, 5.41) is 7.65. The van der Waals surface area contributed by atoms with E-state index in [0.717, 1.165) is 5.69 Å². The first-order chi connectivity index (χ1) is 28.4. The molecule has 0 radical (unpaired) electrons. The number of nitrogens with zero attached hydrogens (tertiary/aromatic N) is 1. The van der Waals surface area contributed by atoms with Crippen LogP contribution in [0.15, 0.2) is 170 Å². The van der Waals surface area contributed by atoms with Crippen LogP contribution in [0, 0.1) is 0 Å². The van der Waals surface area contributed by atoms with Gasteiger partial charge in [0.05, 0.1) is 11.4 Å². The van der Waals surface area contributed by atoms with Crippen molar-refractivity contribution in [1.29, 1.82) is 0 Å². The topological polar surface area (TPSA) is 3.24 Å². The van der Waals surface area contributed by atoms with Crippen LogP contribution in [0.25, 0.3) is 65.7 Å². The Kier molecular flexibility index (Phi) is 7.58. The van der Waals surface area contributed by atoms with E-state index in [0.29, 0.717) is 0 Å². The molecule has 0 atom stereocenters. The van der Waals surface area contributed by atoms with Gasteiger partial charge in [0.15, 0.2) is 0 Å². The first kappa shape index (κ1) is 35.7. The van der Waals surface area contributed by atoms with Gasteiger partial charge in [0.2, 0.25) is 0 Å². The Labute approximate surface area is 348 Å². The van der Waals surface area contributed by atoms with Crippen molar-refractivity contribution in [2.45, 2.75) is 64.7 Å². The number of fused-ring (bicyclic) bond motifs is 10. The third-order valence-electron chi connectivity index (χ3n) is 13.7. The van der Waals surface area contributed by atoms with Crippen LogP contribution in [0.2, 0.25) is 0 Å². The molecule has 0 spiro atoms. The van der Waals surface area contributed by atoms with Gasteiger partial charge in [-0.05, 0) is 118 Å². The molecule has 2 aliphatic rings. The highest BCUT2D eigenvalue weighted by Crippen LogP contribution is 2.55. The highest BCUT2D eigenvalue weighted by atomic mass is 15.1. The zero-order valence-electron chi connectivity index (χ0n) is 35.1. The van der Waals surface area contributed by atoms with Gasteiger partial charge in [0.25, 0.3) is 0 Å². The van der Waals surface area contributed by atoms with Gasteiger partial charge < -0.3 is 4.90 Å². The Hall–Kier alpha value is -6.44. The number of benzene rings is 9. The summed E-state index contributed by atoms with van der Waals surface area (Å²) in [4.78, 5) is 2.57. The third kappa shape index (κ3) is 5.17. The molecular weight excluding hydrogens is 711 g/mol. The standard InChI is InChI=1S/C58H49N/c1-56(2,3)48-31-33-52(45-22-13-12-21-43(45)48)59(39-27-30-50-47(35-39)46-29-24-37-17-9-11-19-41(37)55(46)58(50,6)7)53-32-26-36-16-8-10-18-40(36)54(53)38-25-28-44-42-20-14-15-23-49(42)57(4,5)51(44)34-38/h8-35H,1-7H3. The molecular formula is C58H49N. The molecule has 0 amide bonds. The number of rotatable bonds is 4. The predicted molar refractivity (Wildman–Crippen MR) is 253 cm³/mol. The average molecular weight is 760 g/mol. The average Bonchev–Trinajstić information content (AvgIpc) is 3.62. The normalized spacial score (nSPS) is 14.6. The summed E-state index contributed by atoms with van der Waals surface area (Å²) in [6, 6.07) is 64.4. The zero-order chi connectivity index (χ0) is 40.4. The van der Waals surface area contributed by atoms with Crippen LogP contribution < -0.4 is 4.90 Å². The second-order valence-electron chi connectivity index (χ2n) is 18.9. The van der Waals surface area contributed by atoms with Crippen LogP contribution in [0.3, 0.4) is 0 Å². The van der Waals surface area contributed by atoms with Crippen LogP contribution in [-0.4, -0.2) is 0 Å². The van der Waals surface area contributed by atoms with Crippen molar-refractivity contribution in [3.8, 4) is 33.4 Å². The molecule has 11 rings (SSSR count). The van der Waals surface area contributed by atoms with Gasteiger partial charge in [-0.1, -0.05) is 188 Å². The maximum Gasteiger partial charge on any atom is 0.0546 e. The Morgan fingerprint density at radius 2 is 1.00 bits per heavy atom. The van der Waals surface area contributed by atoms with E-state index in [9.17, 15) is 0 Å². The van der Waals surface area contributed by atoms with Gasteiger partial charge >= 0.3 is 0 Å². The molecule has 0 aromatic heterocycles. The summed E-state index contributed by atoms with van der Waals surface area (Å²) < 4.78 is 0. The van der Waals surface area contributed by atoms with Gasteiger partial charge in [0, 0.05) is 27.5 Å². The molecule has 9 aromatic rings. The van der Waals surface area contributed by atoms with E-state index in [2.05, 4.69) is 223 Å². The lowest BCUT2D eigenvalue weighted by Gasteiger charge is -2.32. The quantitative estimate of drug-likeness (QED) is 0.173. The molecule has 0 N–H and O–H groups in total. The highest BCUT2D eigenvalue weighted by Gasteiger charge is 2.38. The summed E-state index contributed by atoms with van der Waals surface area (Å²) in [5.41, 5.74) is 18.0. The van der Waals surface area contributed by atoms with Crippen molar-refractivity contribution in [3.63, 3.8) is 0 Å². The molecule has 1 nitrogen and oxygen atoms in total. The molecule has 0 saturated heterocycles. The first-order valence-corrected chi connectivity index (χ1v) is 21.2. The smallest absolute Gasteiger partial charge is 0.0546 e. The molecule has 59 heavy (non-hydrogen) atoms. The fourth-order valence-electron chi connectivity index (χ4n) is 10.9. The van der Waals surface area contributed by atoms with Crippen LogP contribution in [0.5, 0.6) is 0 Å². The summed E-state index contributed by atoms with van der Waals surface area (Å²) in [7, 11) is 0. The molecule has 9 aromatic carbocycles. The van der Waals surface area contributed by atoms with Crippen LogP contribution in [-0.2, 0) is 16.2 Å². The number of hydrogen-bond acceptors (Lipinski definition) is 1. The second kappa shape index (κ2) is 12.5. The Morgan fingerprint density at radius 1 is 0.407 bits per heavy atom. The summed E-state index contributed by atoms with van der Waals surface area (Å²) in [5.74, 6) is 0. The Bertz CT molecular complexity index is 3210. The fourth-order valence-corrected chi connectivity index (χ4v) is 10.9. The van der Waals surface area contributed by atoms with E-state index in [4.69, 9.17) is 0 Å². The van der Waals surface area contributed by atoms with E-state index in [-0.39, 0.29) is 16.2 Å². The molecule has 0 saturated carbocycles. The highest BCUT2D eigenvalue weighted by molar-refractivity contribution is 6.09. The van der Waals surface area contributed by atoms with Gasteiger partial charge in [0.1, 0.15) is 0 Å². The molecule has 0 heterocycles. The minimum absolute atomic E-state index is 0.0164. The molecule has 0 bridgehead atoms. The summed E-state index contributed by atoms with van der Waals surface area (Å²) in [6.45, 7) is 16.5. The Morgan fingerprint density at radius 3 is 1.78 bits per heavy atom. The lowest BCUT2D eigenvalue weighted by atomic mass is 9.80. The van der Waals surface area contributed by atoms with E-state index in [1.807, 2.05) is 0 Å². The Balaban J connectivity index is 1.22. The largest absolute Gasteiger partial charge is 0.309 e. The van der Waals surface area contributed by atoms with Crippen molar-refractivity contribution in [1.82, 2.24) is 0 Å². The minimum atomic E-state index is -0.140. The zero-order valence-corrected chi connectivity index (χ0v) is 35.1. The molecule has 1 heteroatoms. The fraction of sp³-hybridized carbons (Fsp3) is 0.172. The summed E-state index contributed by atoms with van der Waals surface area (Å²) in [6.07, 6.45) is 0. The third-order valence-corrected chi connectivity index (χ3v) is 13.7. The maximum atomic E-state index is 2.57. The first-order valence-electron chi connectivity index (χ1n) is 21.2. The van der Waals surface area contributed by atoms with Crippen LogP contribution in [0.1, 0.15) is 76.3 Å². The van der Waals surface area contributed by atoms with Crippen molar-refractivity contribution in [2.75, 3.05) is 4.90 Å². The van der Waals surface area contributed by atoms with E-state index in [1.165, 1.54) is 105 Å². The summed E-state index contributed by atoms with van der Waals surface area (Å²) >= 11 is 0. The molecule has 0 aliphatic heterocycles. The van der Waals surface area contributed by atoms with Gasteiger partial charge in [-0.15, -0.1) is 0 Å².